The molecule has 1 aromatic heterocycles. The van der Waals surface area contributed by atoms with Crippen molar-refractivity contribution in [2.75, 3.05) is 7.05 Å². The minimum atomic E-state index is -0.0459. The monoisotopic (exact) mass is 352 g/mol. The lowest BCUT2D eigenvalue weighted by Gasteiger charge is -2.25. The summed E-state index contributed by atoms with van der Waals surface area (Å²) < 4.78 is 2.25. The van der Waals surface area contributed by atoms with E-state index < -0.39 is 0 Å². The predicted molar refractivity (Wildman–Crippen MR) is 94.0 cm³/mol. The maximum atomic E-state index is 12.6. The molecule has 0 bridgehead atoms. The number of aromatic nitrogens is 3. The molecule has 0 saturated heterocycles. The van der Waals surface area contributed by atoms with Crippen LogP contribution in [-0.2, 0) is 17.8 Å². The summed E-state index contributed by atoms with van der Waals surface area (Å²) in [6, 6.07) is 7.48. The number of nitrogens with zero attached hydrogens (tertiary/aromatic N) is 3. The van der Waals surface area contributed by atoms with Crippen LogP contribution in [-0.4, -0.2) is 32.6 Å². The van der Waals surface area contributed by atoms with Crippen LogP contribution in [0.3, 0.4) is 0 Å². The average Bonchev–Trinajstić information content (AvgIpc) is 2.87. The molecule has 0 aliphatic carbocycles. The van der Waals surface area contributed by atoms with Crippen LogP contribution in [0.5, 0.6) is 0 Å². The summed E-state index contributed by atoms with van der Waals surface area (Å²) in [5.74, 6) is 0.806. The molecule has 23 heavy (non-hydrogen) atoms. The highest BCUT2D eigenvalue weighted by Crippen LogP contribution is 2.21. The molecule has 0 unspecified atom stereocenters. The number of aryl methyl sites for hydroxylation is 1. The average molecular weight is 353 g/mol. The second-order valence-corrected chi connectivity index (χ2v) is 6.34. The summed E-state index contributed by atoms with van der Waals surface area (Å²) in [5, 5.41) is 7.64. The van der Waals surface area contributed by atoms with E-state index in [0.717, 1.165) is 24.2 Å². The highest BCUT2D eigenvalue weighted by molar-refractivity contribution is 7.71. The Morgan fingerprint density at radius 2 is 2.09 bits per heavy atom. The molecule has 1 amide bonds. The van der Waals surface area contributed by atoms with E-state index in [0.29, 0.717) is 9.79 Å². The highest BCUT2D eigenvalue weighted by Gasteiger charge is 2.19. The number of aromatic amines is 1. The van der Waals surface area contributed by atoms with Gasteiger partial charge in [-0.15, -0.1) is 0 Å². The van der Waals surface area contributed by atoms with Gasteiger partial charge in [-0.05, 0) is 43.3 Å². The van der Waals surface area contributed by atoms with Crippen molar-refractivity contribution in [1.29, 1.82) is 0 Å². The smallest absolute Gasteiger partial charge is 0.242 e. The Hall–Kier alpha value is -1.66. The van der Waals surface area contributed by atoms with Gasteiger partial charge in [0.15, 0.2) is 4.77 Å². The Bertz CT molecular complexity index is 722. The third-order valence-electron chi connectivity index (χ3n) is 3.93. The fourth-order valence-corrected chi connectivity index (χ4v) is 2.70. The van der Waals surface area contributed by atoms with Gasteiger partial charge in [0.2, 0.25) is 5.91 Å². The normalized spacial score (nSPS) is 12.2. The van der Waals surface area contributed by atoms with Crippen LogP contribution in [0.2, 0.25) is 5.02 Å². The van der Waals surface area contributed by atoms with Crippen molar-refractivity contribution < 1.29 is 4.79 Å². The number of benzene rings is 1. The van der Waals surface area contributed by atoms with Crippen molar-refractivity contribution in [2.24, 2.45) is 0 Å². The van der Waals surface area contributed by atoms with E-state index in [1.165, 1.54) is 0 Å². The minimum absolute atomic E-state index is 0.0118. The molecule has 7 heteroatoms. The first kappa shape index (κ1) is 17.7. The SMILES string of the molecule is CCCc1n[nH]c(=S)n1CC(=O)N(C)[C@H](C)c1ccc(Cl)cc1. The Morgan fingerprint density at radius 1 is 1.43 bits per heavy atom. The Labute approximate surface area is 146 Å². The Kier molecular flexibility index (Phi) is 5.96. The number of carbonyl (C=O) groups is 1. The molecule has 0 spiro atoms. The number of rotatable bonds is 6. The van der Waals surface area contributed by atoms with Gasteiger partial charge in [-0.2, -0.15) is 5.10 Å². The molecule has 0 saturated carbocycles. The van der Waals surface area contributed by atoms with Crippen LogP contribution >= 0.6 is 23.8 Å². The second kappa shape index (κ2) is 7.75. The Balaban J connectivity index is 2.12. The molecule has 1 atom stereocenters. The van der Waals surface area contributed by atoms with Crippen molar-refractivity contribution in [3.63, 3.8) is 0 Å². The van der Waals surface area contributed by atoms with Gasteiger partial charge in [0.1, 0.15) is 12.4 Å². The van der Waals surface area contributed by atoms with Gasteiger partial charge in [0.05, 0.1) is 6.04 Å². The van der Waals surface area contributed by atoms with Crippen LogP contribution in [0.1, 0.15) is 37.7 Å². The maximum absolute atomic E-state index is 12.6. The predicted octanol–water partition coefficient (Wildman–Crippen LogP) is 3.77. The topological polar surface area (TPSA) is 53.9 Å². The molecular formula is C16H21ClN4OS. The highest BCUT2D eigenvalue weighted by atomic mass is 35.5. The number of amides is 1. The molecule has 124 valence electrons. The van der Waals surface area contributed by atoms with Gasteiger partial charge in [0, 0.05) is 18.5 Å². The number of carbonyl (C=O) groups excluding carboxylic acids is 1. The van der Waals surface area contributed by atoms with Crippen LogP contribution in [0.15, 0.2) is 24.3 Å². The van der Waals surface area contributed by atoms with E-state index in [1.807, 2.05) is 31.2 Å². The third-order valence-corrected chi connectivity index (χ3v) is 4.49. The zero-order chi connectivity index (χ0) is 17.0. The molecule has 0 aliphatic rings. The van der Waals surface area contributed by atoms with E-state index in [4.69, 9.17) is 23.8 Å². The van der Waals surface area contributed by atoms with Gasteiger partial charge >= 0.3 is 0 Å². The van der Waals surface area contributed by atoms with Crippen LogP contribution in [0.25, 0.3) is 0 Å². The van der Waals surface area contributed by atoms with E-state index in [-0.39, 0.29) is 18.5 Å². The first-order valence-electron chi connectivity index (χ1n) is 7.59. The first-order chi connectivity index (χ1) is 10.9. The quantitative estimate of drug-likeness (QED) is 0.805. The first-order valence-corrected chi connectivity index (χ1v) is 8.37. The summed E-state index contributed by atoms with van der Waals surface area (Å²) in [6.45, 7) is 4.25. The van der Waals surface area contributed by atoms with Crippen molar-refractivity contribution >= 4 is 29.7 Å². The van der Waals surface area contributed by atoms with Gasteiger partial charge in [0.25, 0.3) is 0 Å². The molecule has 5 nitrogen and oxygen atoms in total. The fraction of sp³-hybridized carbons (Fsp3) is 0.438. The van der Waals surface area contributed by atoms with Crippen LogP contribution < -0.4 is 0 Å². The third kappa shape index (κ3) is 4.20. The summed E-state index contributed by atoms with van der Waals surface area (Å²) in [5.41, 5.74) is 1.04. The molecule has 1 heterocycles. The lowest BCUT2D eigenvalue weighted by atomic mass is 10.1. The molecule has 1 aromatic carbocycles. The van der Waals surface area contributed by atoms with Crippen LogP contribution in [0.4, 0.5) is 0 Å². The zero-order valence-electron chi connectivity index (χ0n) is 13.5. The van der Waals surface area contributed by atoms with Gasteiger partial charge in [-0.1, -0.05) is 30.7 Å². The standard InChI is InChI=1S/C16H21ClN4OS/c1-4-5-14-18-19-16(23)21(14)10-15(22)20(3)11(2)12-6-8-13(17)9-7-12/h6-9,11H,4-5,10H2,1-3H3,(H,19,23)/t11-/m1/s1. The number of hydrogen-bond donors (Lipinski definition) is 1. The largest absolute Gasteiger partial charge is 0.337 e. The van der Waals surface area contributed by atoms with Crippen LogP contribution in [0, 0.1) is 4.77 Å². The molecule has 2 rings (SSSR count). The van der Waals surface area contributed by atoms with Crippen molar-refractivity contribution in [1.82, 2.24) is 19.7 Å². The number of H-pyrrole nitrogens is 1. The lowest BCUT2D eigenvalue weighted by molar-refractivity contribution is -0.132. The lowest BCUT2D eigenvalue weighted by Crippen LogP contribution is -2.33. The fourth-order valence-electron chi connectivity index (χ4n) is 2.36. The minimum Gasteiger partial charge on any atom is -0.337 e. The van der Waals surface area contributed by atoms with Gasteiger partial charge in [-0.25, -0.2) is 0 Å². The van der Waals surface area contributed by atoms with Crippen molar-refractivity contribution in [3.05, 3.63) is 45.4 Å². The zero-order valence-corrected chi connectivity index (χ0v) is 15.1. The molecule has 2 aromatic rings. The summed E-state index contributed by atoms with van der Waals surface area (Å²) in [6.07, 6.45) is 1.74. The van der Waals surface area contributed by atoms with E-state index in [9.17, 15) is 4.79 Å². The molecular weight excluding hydrogens is 332 g/mol. The molecule has 1 N–H and O–H groups in total. The number of hydrogen-bond acceptors (Lipinski definition) is 3. The van der Waals surface area contributed by atoms with E-state index >= 15 is 0 Å². The second-order valence-electron chi connectivity index (χ2n) is 5.51. The number of nitrogens with one attached hydrogen (secondary N) is 1. The summed E-state index contributed by atoms with van der Waals surface area (Å²) in [4.78, 5) is 14.3. The summed E-state index contributed by atoms with van der Waals surface area (Å²) >= 11 is 11.1. The van der Waals surface area contributed by atoms with Gasteiger partial charge < -0.3 is 4.90 Å². The Morgan fingerprint density at radius 3 is 2.70 bits per heavy atom. The van der Waals surface area contributed by atoms with E-state index in [1.54, 1.807) is 16.5 Å². The maximum Gasteiger partial charge on any atom is 0.242 e. The van der Waals surface area contributed by atoms with E-state index in [2.05, 4.69) is 17.1 Å². The number of halogens is 1. The number of likely N-dealkylation sites (N-methyl/N-ethyl adjacent to an activating group) is 1. The molecule has 0 fully saturated rings. The van der Waals surface area contributed by atoms with Crippen molar-refractivity contribution in [2.45, 2.75) is 39.3 Å². The molecule has 0 aliphatic heterocycles. The van der Waals surface area contributed by atoms with Crippen molar-refractivity contribution in [3.8, 4) is 0 Å². The molecule has 0 radical (unpaired) electrons. The summed E-state index contributed by atoms with van der Waals surface area (Å²) in [7, 11) is 1.80. The van der Waals surface area contributed by atoms with Gasteiger partial charge in [-0.3, -0.25) is 14.5 Å².